The number of carboxylic acids is 2. The van der Waals surface area contributed by atoms with E-state index in [-0.39, 0.29) is 11.1 Å². The zero-order valence-electron chi connectivity index (χ0n) is 16.3. The third-order valence-corrected chi connectivity index (χ3v) is 5.15. The molecule has 4 aromatic carbocycles. The van der Waals surface area contributed by atoms with Gasteiger partial charge in [-0.1, -0.05) is 24.3 Å². The summed E-state index contributed by atoms with van der Waals surface area (Å²) < 4.78 is 11.3. The van der Waals surface area contributed by atoms with Crippen LogP contribution in [0.15, 0.2) is 60.7 Å². The molecule has 0 atom stereocenters. The van der Waals surface area contributed by atoms with Gasteiger partial charge in [0.25, 0.3) is 0 Å². The second-order valence-corrected chi connectivity index (χ2v) is 6.77. The summed E-state index contributed by atoms with van der Waals surface area (Å²) in [5.74, 6) is -0.811. The Labute approximate surface area is 171 Å². The van der Waals surface area contributed by atoms with Crippen LogP contribution in [0.2, 0.25) is 0 Å². The number of ether oxygens (including phenoxy) is 2. The summed E-state index contributed by atoms with van der Waals surface area (Å²) in [5, 5.41) is 21.7. The van der Waals surface area contributed by atoms with Crippen molar-refractivity contribution in [2.45, 2.75) is 0 Å². The van der Waals surface area contributed by atoms with Crippen LogP contribution in [0.5, 0.6) is 11.5 Å². The van der Waals surface area contributed by atoms with E-state index in [9.17, 15) is 19.8 Å². The molecule has 0 aliphatic rings. The van der Waals surface area contributed by atoms with E-state index in [0.29, 0.717) is 11.5 Å². The van der Waals surface area contributed by atoms with Gasteiger partial charge >= 0.3 is 11.9 Å². The van der Waals surface area contributed by atoms with Gasteiger partial charge in [-0.25, -0.2) is 9.59 Å². The van der Waals surface area contributed by atoms with Crippen LogP contribution in [0.3, 0.4) is 0 Å². The minimum absolute atomic E-state index is 0.189. The maximum absolute atomic E-state index is 11.4. The van der Waals surface area contributed by atoms with Crippen LogP contribution in [-0.2, 0) is 0 Å². The van der Waals surface area contributed by atoms with Gasteiger partial charge in [0.05, 0.1) is 25.3 Å². The smallest absolute Gasteiger partial charge is 0.335 e. The molecule has 0 aromatic heterocycles. The first kappa shape index (κ1) is 19.3. The Morgan fingerprint density at radius 2 is 1.03 bits per heavy atom. The molecule has 0 radical (unpaired) electrons. The molecule has 0 saturated heterocycles. The van der Waals surface area contributed by atoms with Crippen LogP contribution in [-0.4, -0.2) is 36.4 Å². The Kier molecular flexibility index (Phi) is 4.75. The van der Waals surface area contributed by atoms with E-state index >= 15 is 0 Å². The minimum atomic E-state index is -1.00. The van der Waals surface area contributed by atoms with E-state index in [2.05, 4.69) is 0 Å². The molecule has 150 valence electrons. The summed E-state index contributed by atoms with van der Waals surface area (Å²) in [6.45, 7) is 0. The summed E-state index contributed by atoms with van der Waals surface area (Å²) >= 11 is 0. The van der Waals surface area contributed by atoms with E-state index in [0.717, 1.165) is 32.7 Å². The normalized spacial score (nSPS) is 10.9. The molecule has 6 nitrogen and oxygen atoms in total. The van der Waals surface area contributed by atoms with Crippen LogP contribution in [0, 0.1) is 0 Å². The third kappa shape index (κ3) is 3.08. The molecule has 30 heavy (non-hydrogen) atoms. The monoisotopic (exact) mass is 402 g/mol. The van der Waals surface area contributed by atoms with Crippen LogP contribution in [0.4, 0.5) is 0 Å². The largest absolute Gasteiger partial charge is 0.496 e. The number of rotatable bonds is 5. The molecule has 4 aromatic rings. The molecule has 0 unspecified atom stereocenters. The number of hydrogen-bond acceptors (Lipinski definition) is 4. The summed E-state index contributed by atoms with van der Waals surface area (Å²) in [5.41, 5.74) is 1.87. The first-order valence-corrected chi connectivity index (χ1v) is 9.13. The molecule has 6 heteroatoms. The standard InChI is InChI=1S/C24H18O6/c1-29-19-9-5-13-11-15(23(25)26)3-7-17(13)21(19)22-18-8-4-16(24(27)28)12-14(18)6-10-20(22)30-2/h3-12H,1-2H3,(H,25,26)(H,27,28). The molecule has 0 saturated carbocycles. The van der Waals surface area contributed by atoms with Gasteiger partial charge in [-0.15, -0.1) is 0 Å². The van der Waals surface area contributed by atoms with Gasteiger partial charge < -0.3 is 19.7 Å². The average molecular weight is 402 g/mol. The van der Waals surface area contributed by atoms with Crippen LogP contribution < -0.4 is 9.47 Å². The fourth-order valence-electron chi connectivity index (χ4n) is 3.74. The predicted molar refractivity (Wildman–Crippen MR) is 114 cm³/mol. The lowest BCUT2D eigenvalue weighted by molar-refractivity contribution is 0.0686. The van der Waals surface area contributed by atoms with E-state index in [4.69, 9.17) is 9.47 Å². The Morgan fingerprint density at radius 1 is 0.633 bits per heavy atom. The van der Waals surface area contributed by atoms with Crippen molar-refractivity contribution in [2.24, 2.45) is 0 Å². The summed E-state index contributed by atoms with van der Waals surface area (Å²) in [6.07, 6.45) is 0. The summed E-state index contributed by atoms with van der Waals surface area (Å²) in [4.78, 5) is 22.8. The lowest BCUT2D eigenvalue weighted by atomic mass is 9.91. The number of aromatic carboxylic acids is 2. The van der Waals surface area contributed by atoms with Crippen molar-refractivity contribution in [2.75, 3.05) is 14.2 Å². The van der Waals surface area contributed by atoms with Crippen molar-refractivity contribution in [1.82, 2.24) is 0 Å². The molecule has 0 heterocycles. The maximum atomic E-state index is 11.4. The van der Waals surface area contributed by atoms with Gasteiger partial charge in [0, 0.05) is 11.1 Å². The number of hydrogen-bond donors (Lipinski definition) is 2. The molecule has 0 amide bonds. The molecule has 0 aliphatic heterocycles. The molecule has 2 N–H and O–H groups in total. The van der Waals surface area contributed by atoms with Crippen molar-refractivity contribution in [3.05, 3.63) is 71.8 Å². The van der Waals surface area contributed by atoms with Crippen LogP contribution >= 0.6 is 0 Å². The average Bonchev–Trinajstić information content (AvgIpc) is 2.76. The van der Waals surface area contributed by atoms with Crippen molar-refractivity contribution < 1.29 is 29.3 Å². The van der Waals surface area contributed by atoms with Gasteiger partial charge in [-0.05, 0) is 57.9 Å². The van der Waals surface area contributed by atoms with Gasteiger partial charge in [0.2, 0.25) is 0 Å². The van der Waals surface area contributed by atoms with Gasteiger partial charge in [0.1, 0.15) is 11.5 Å². The topological polar surface area (TPSA) is 93.1 Å². The van der Waals surface area contributed by atoms with Gasteiger partial charge in [-0.3, -0.25) is 0 Å². The molecule has 0 fully saturated rings. The van der Waals surface area contributed by atoms with E-state index in [1.807, 2.05) is 12.1 Å². The maximum Gasteiger partial charge on any atom is 0.335 e. The quantitative estimate of drug-likeness (QED) is 0.484. The second-order valence-electron chi connectivity index (χ2n) is 6.77. The second kappa shape index (κ2) is 7.40. The van der Waals surface area contributed by atoms with Crippen molar-refractivity contribution in [3.8, 4) is 22.6 Å². The highest BCUT2D eigenvalue weighted by Gasteiger charge is 2.19. The molecular formula is C24H18O6. The fourth-order valence-corrected chi connectivity index (χ4v) is 3.74. The van der Waals surface area contributed by atoms with Crippen molar-refractivity contribution in [1.29, 1.82) is 0 Å². The molecule has 0 bridgehead atoms. The summed E-state index contributed by atoms with van der Waals surface area (Å²) in [6, 6.07) is 17.0. The van der Waals surface area contributed by atoms with Crippen molar-refractivity contribution >= 4 is 33.5 Å². The molecule has 0 aliphatic carbocycles. The van der Waals surface area contributed by atoms with Gasteiger partial charge in [-0.2, -0.15) is 0 Å². The van der Waals surface area contributed by atoms with Gasteiger partial charge in [0.15, 0.2) is 0 Å². The summed E-state index contributed by atoms with van der Waals surface area (Å²) in [7, 11) is 3.13. The van der Waals surface area contributed by atoms with E-state index in [1.54, 1.807) is 62.8 Å². The number of fused-ring (bicyclic) bond motifs is 2. The molecule has 4 rings (SSSR count). The fraction of sp³-hybridized carbons (Fsp3) is 0.0833. The van der Waals surface area contributed by atoms with Crippen LogP contribution in [0.1, 0.15) is 20.7 Å². The lowest BCUT2D eigenvalue weighted by Crippen LogP contribution is -1.99. The zero-order valence-corrected chi connectivity index (χ0v) is 16.3. The third-order valence-electron chi connectivity index (χ3n) is 5.15. The number of benzene rings is 4. The Hall–Kier alpha value is -4.06. The number of methoxy groups -OCH3 is 2. The SMILES string of the molecule is COc1ccc2cc(C(=O)O)ccc2c1-c1c(OC)ccc2cc(C(=O)O)ccc12. The Morgan fingerprint density at radius 3 is 1.37 bits per heavy atom. The first-order chi connectivity index (χ1) is 14.4. The number of carboxylic acid groups (broad SMARTS) is 2. The zero-order chi connectivity index (χ0) is 21.4. The van der Waals surface area contributed by atoms with E-state index < -0.39 is 11.9 Å². The van der Waals surface area contributed by atoms with E-state index in [1.165, 1.54) is 0 Å². The van der Waals surface area contributed by atoms with Crippen molar-refractivity contribution in [3.63, 3.8) is 0 Å². The minimum Gasteiger partial charge on any atom is -0.496 e. The highest BCUT2D eigenvalue weighted by Crippen LogP contribution is 2.45. The highest BCUT2D eigenvalue weighted by molar-refractivity contribution is 6.11. The predicted octanol–water partition coefficient (Wildman–Crippen LogP) is 5.07. The highest BCUT2D eigenvalue weighted by atomic mass is 16.5. The molecular weight excluding hydrogens is 384 g/mol. The van der Waals surface area contributed by atoms with Crippen LogP contribution in [0.25, 0.3) is 32.7 Å². The first-order valence-electron chi connectivity index (χ1n) is 9.13. The Bertz CT molecular complexity index is 1220. The lowest BCUT2D eigenvalue weighted by Gasteiger charge is -2.18. The number of carbonyl (C=O) groups is 2. The Balaban J connectivity index is 2.12. The molecule has 0 spiro atoms.